The average molecular weight is 379 g/mol. The Balaban J connectivity index is 0.000000433. The quantitative estimate of drug-likeness (QED) is 0.612. The number of ether oxygens (including phenoxy) is 1. The number of amides is 1. The molecule has 1 unspecified atom stereocenters. The molecule has 0 radical (unpaired) electrons. The summed E-state index contributed by atoms with van der Waals surface area (Å²) in [7, 11) is 0. The van der Waals surface area contributed by atoms with Gasteiger partial charge in [-0.1, -0.05) is 69.4 Å². The molecule has 1 atom stereocenters. The normalized spacial score (nSPS) is 15.3. The fourth-order valence-electron chi connectivity index (χ4n) is 2.87. The lowest BCUT2D eigenvalue weighted by Gasteiger charge is -2.15. The SMILES string of the molecule is CCCCC(NC(=O)COCc1ccccc1)C(=O)O.NC1CCCCC1. The molecule has 2 rings (SSSR count). The van der Waals surface area contributed by atoms with Crippen LogP contribution in [0.3, 0.4) is 0 Å². The predicted molar refractivity (Wildman–Crippen MR) is 106 cm³/mol. The third kappa shape index (κ3) is 11.4. The number of unbranched alkanes of at least 4 members (excludes halogenated alkanes) is 1. The summed E-state index contributed by atoms with van der Waals surface area (Å²) in [4.78, 5) is 22.6. The van der Waals surface area contributed by atoms with E-state index in [2.05, 4.69) is 5.32 Å². The predicted octanol–water partition coefficient (Wildman–Crippen LogP) is 3.24. The fourth-order valence-corrected chi connectivity index (χ4v) is 2.87. The van der Waals surface area contributed by atoms with Crippen molar-refractivity contribution < 1.29 is 19.4 Å². The Morgan fingerprint density at radius 3 is 2.41 bits per heavy atom. The van der Waals surface area contributed by atoms with Gasteiger partial charge in [0.15, 0.2) is 0 Å². The van der Waals surface area contributed by atoms with E-state index in [1.165, 1.54) is 32.1 Å². The van der Waals surface area contributed by atoms with Crippen LogP contribution in [0.15, 0.2) is 30.3 Å². The van der Waals surface area contributed by atoms with Crippen molar-refractivity contribution in [3.63, 3.8) is 0 Å². The molecule has 1 fully saturated rings. The number of nitrogens with one attached hydrogen (secondary N) is 1. The topological polar surface area (TPSA) is 102 Å². The van der Waals surface area contributed by atoms with Crippen molar-refractivity contribution in [3.05, 3.63) is 35.9 Å². The van der Waals surface area contributed by atoms with Crippen LogP contribution in [0.25, 0.3) is 0 Å². The molecule has 0 bridgehead atoms. The van der Waals surface area contributed by atoms with E-state index in [0.29, 0.717) is 19.1 Å². The van der Waals surface area contributed by atoms with Crippen LogP contribution in [0.1, 0.15) is 63.9 Å². The highest BCUT2D eigenvalue weighted by molar-refractivity contribution is 5.84. The molecule has 1 saturated carbocycles. The number of aliphatic carboxylic acids is 1. The Morgan fingerprint density at radius 1 is 1.22 bits per heavy atom. The summed E-state index contributed by atoms with van der Waals surface area (Å²) in [6.07, 6.45) is 8.76. The van der Waals surface area contributed by atoms with Crippen molar-refractivity contribution >= 4 is 11.9 Å². The lowest BCUT2D eigenvalue weighted by atomic mass is 9.97. The van der Waals surface area contributed by atoms with Crippen molar-refractivity contribution in [3.8, 4) is 0 Å². The van der Waals surface area contributed by atoms with Crippen LogP contribution < -0.4 is 11.1 Å². The second-order valence-corrected chi connectivity index (χ2v) is 6.98. The first-order valence-electron chi connectivity index (χ1n) is 9.92. The lowest BCUT2D eigenvalue weighted by Crippen LogP contribution is -2.42. The van der Waals surface area contributed by atoms with Crippen LogP contribution in [0.2, 0.25) is 0 Å². The maximum atomic E-state index is 11.6. The van der Waals surface area contributed by atoms with Gasteiger partial charge in [0.1, 0.15) is 12.6 Å². The van der Waals surface area contributed by atoms with Crippen LogP contribution in [-0.2, 0) is 20.9 Å². The number of carbonyl (C=O) groups excluding carboxylic acids is 1. The van der Waals surface area contributed by atoms with E-state index >= 15 is 0 Å². The van der Waals surface area contributed by atoms with E-state index in [1.54, 1.807) is 0 Å². The molecule has 27 heavy (non-hydrogen) atoms. The zero-order valence-electron chi connectivity index (χ0n) is 16.4. The van der Waals surface area contributed by atoms with Gasteiger partial charge in [-0.25, -0.2) is 4.79 Å². The van der Waals surface area contributed by atoms with Gasteiger partial charge in [-0.05, 0) is 24.8 Å². The van der Waals surface area contributed by atoms with Crippen LogP contribution >= 0.6 is 0 Å². The van der Waals surface area contributed by atoms with Gasteiger partial charge in [-0.15, -0.1) is 0 Å². The molecule has 1 aromatic carbocycles. The second kappa shape index (κ2) is 14.2. The number of hydrogen-bond donors (Lipinski definition) is 3. The molecule has 0 saturated heterocycles. The number of benzene rings is 1. The monoisotopic (exact) mass is 378 g/mol. The Morgan fingerprint density at radius 2 is 1.89 bits per heavy atom. The van der Waals surface area contributed by atoms with Gasteiger partial charge in [0, 0.05) is 6.04 Å². The van der Waals surface area contributed by atoms with Crippen LogP contribution in [0.5, 0.6) is 0 Å². The number of rotatable bonds is 9. The van der Waals surface area contributed by atoms with Crippen LogP contribution in [0.4, 0.5) is 0 Å². The zero-order valence-corrected chi connectivity index (χ0v) is 16.4. The van der Waals surface area contributed by atoms with Crippen molar-refractivity contribution in [2.45, 2.75) is 77.0 Å². The number of carbonyl (C=O) groups is 2. The molecular formula is C21H34N2O4. The molecule has 1 aliphatic rings. The van der Waals surface area contributed by atoms with E-state index in [1.807, 2.05) is 37.3 Å². The number of carboxylic acids is 1. The highest BCUT2D eigenvalue weighted by Crippen LogP contribution is 2.14. The van der Waals surface area contributed by atoms with Gasteiger partial charge in [0.2, 0.25) is 5.91 Å². The molecule has 0 aromatic heterocycles. The summed E-state index contributed by atoms with van der Waals surface area (Å²) in [6, 6.07) is 9.20. The Hall–Kier alpha value is -1.92. The molecular weight excluding hydrogens is 344 g/mol. The minimum Gasteiger partial charge on any atom is -0.480 e. The smallest absolute Gasteiger partial charge is 0.326 e. The van der Waals surface area contributed by atoms with Gasteiger partial charge >= 0.3 is 5.97 Å². The number of hydrogen-bond acceptors (Lipinski definition) is 4. The largest absolute Gasteiger partial charge is 0.480 e. The molecule has 6 nitrogen and oxygen atoms in total. The average Bonchev–Trinajstić information content (AvgIpc) is 2.67. The van der Waals surface area contributed by atoms with Crippen molar-refractivity contribution in [1.29, 1.82) is 0 Å². The molecule has 1 aliphatic carbocycles. The molecule has 1 amide bonds. The van der Waals surface area contributed by atoms with Gasteiger partial charge in [0.05, 0.1) is 6.61 Å². The minimum atomic E-state index is -1.00. The van der Waals surface area contributed by atoms with Crippen molar-refractivity contribution in [2.75, 3.05) is 6.61 Å². The molecule has 0 aliphatic heterocycles. The first-order valence-corrected chi connectivity index (χ1v) is 9.92. The number of carboxylic acid groups (broad SMARTS) is 1. The minimum absolute atomic E-state index is 0.134. The molecule has 0 spiro atoms. The van der Waals surface area contributed by atoms with Crippen molar-refractivity contribution in [2.24, 2.45) is 5.73 Å². The summed E-state index contributed by atoms with van der Waals surface area (Å²) in [5, 5.41) is 11.5. The van der Waals surface area contributed by atoms with Gasteiger partial charge in [-0.2, -0.15) is 0 Å². The molecule has 4 N–H and O–H groups in total. The standard InChI is InChI=1S/C15H21NO4.C6H13N/c1-2-3-9-13(15(18)19)16-14(17)11-20-10-12-7-5-4-6-8-12;7-6-4-2-1-3-5-6/h4-8,13H,2-3,9-11H2,1H3,(H,16,17)(H,18,19);6H,1-5,7H2. The zero-order chi connectivity index (χ0) is 19.9. The molecule has 1 aromatic rings. The summed E-state index contributed by atoms with van der Waals surface area (Å²) >= 11 is 0. The summed E-state index contributed by atoms with van der Waals surface area (Å²) in [5.74, 6) is -1.40. The lowest BCUT2D eigenvalue weighted by molar-refractivity contribution is -0.142. The van der Waals surface area contributed by atoms with Crippen LogP contribution in [-0.4, -0.2) is 35.7 Å². The Kier molecular flexibility index (Phi) is 12.1. The molecule has 152 valence electrons. The van der Waals surface area contributed by atoms with E-state index in [4.69, 9.17) is 15.6 Å². The fraction of sp³-hybridized carbons (Fsp3) is 0.619. The third-order valence-corrected chi connectivity index (χ3v) is 4.47. The first-order chi connectivity index (χ1) is 13.0. The number of nitrogens with two attached hydrogens (primary N) is 1. The van der Waals surface area contributed by atoms with Gasteiger partial charge in [-0.3, -0.25) is 4.79 Å². The van der Waals surface area contributed by atoms with E-state index in [0.717, 1.165) is 18.4 Å². The first kappa shape index (κ1) is 23.1. The van der Waals surface area contributed by atoms with Gasteiger partial charge in [0.25, 0.3) is 0 Å². The summed E-state index contributed by atoms with van der Waals surface area (Å²) in [6.45, 7) is 2.18. The third-order valence-electron chi connectivity index (χ3n) is 4.47. The van der Waals surface area contributed by atoms with Crippen LogP contribution in [0, 0.1) is 0 Å². The van der Waals surface area contributed by atoms with E-state index in [9.17, 15) is 9.59 Å². The maximum absolute atomic E-state index is 11.6. The Labute approximate surface area is 162 Å². The maximum Gasteiger partial charge on any atom is 0.326 e. The van der Waals surface area contributed by atoms with E-state index in [-0.39, 0.29) is 6.61 Å². The van der Waals surface area contributed by atoms with E-state index < -0.39 is 17.9 Å². The van der Waals surface area contributed by atoms with Gasteiger partial charge < -0.3 is 20.9 Å². The second-order valence-electron chi connectivity index (χ2n) is 6.98. The highest BCUT2D eigenvalue weighted by atomic mass is 16.5. The highest BCUT2D eigenvalue weighted by Gasteiger charge is 2.18. The van der Waals surface area contributed by atoms with Crippen molar-refractivity contribution in [1.82, 2.24) is 5.32 Å². The summed E-state index contributed by atoms with van der Waals surface area (Å²) in [5.41, 5.74) is 6.61. The molecule has 0 heterocycles. The summed E-state index contributed by atoms with van der Waals surface area (Å²) < 4.78 is 5.26. The Bertz CT molecular complexity index is 530. The molecule has 6 heteroatoms.